The molecule has 0 aromatic heterocycles. The van der Waals surface area contributed by atoms with Crippen LogP contribution in [0.3, 0.4) is 0 Å². The Kier molecular flexibility index (Phi) is 4.83. The maximum atomic E-state index is 11.8. The smallest absolute Gasteiger partial charge is 0.251 e. The van der Waals surface area contributed by atoms with E-state index in [0.29, 0.717) is 18.2 Å². The van der Waals surface area contributed by atoms with Crippen LogP contribution < -0.4 is 5.32 Å². The van der Waals surface area contributed by atoms with E-state index in [1.807, 2.05) is 26.2 Å². The van der Waals surface area contributed by atoms with Gasteiger partial charge in [-0.1, -0.05) is 6.07 Å². The summed E-state index contributed by atoms with van der Waals surface area (Å²) in [6.07, 6.45) is 0. The minimum atomic E-state index is -0.0513. The van der Waals surface area contributed by atoms with Crippen LogP contribution in [0.25, 0.3) is 0 Å². The van der Waals surface area contributed by atoms with Crippen molar-refractivity contribution in [3.05, 3.63) is 29.8 Å². The molecule has 0 saturated carbocycles. The van der Waals surface area contributed by atoms with Gasteiger partial charge in [0.15, 0.2) is 0 Å². The van der Waals surface area contributed by atoms with Gasteiger partial charge in [0.1, 0.15) is 0 Å². The first kappa shape index (κ1) is 13.1. The lowest BCUT2D eigenvalue weighted by Gasteiger charge is -2.19. The molecule has 0 saturated heterocycles. The summed E-state index contributed by atoms with van der Waals surface area (Å²) in [5.74, 6) is -0.0513. The quantitative estimate of drug-likeness (QED) is 0.782. The summed E-state index contributed by atoms with van der Waals surface area (Å²) in [5.41, 5.74) is 0.651. The maximum absolute atomic E-state index is 11.8. The van der Waals surface area contributed by atoms with Crippen LogP contribution in [-0.2, 0) is 0 Å². The summed E-state index contributed by atoms with van der Waals surface area (Å²) in [7, 11) is 3.98. The maximum Gasteiger partial charge on any atom is 0.251 e. The topological polar surface area (TPSA) is 32.3 Å². The largest absolute Gasteiger partial charge is 0.350 e. The highest BCUT2D eigenvalue weighted by Crippen LogP contribution is 2.08. The Bertz CT molecular complexity index is 366. The molecule has 1 atom stereocenters. The normalized spacial score (nSPS) is 12.6. The molecule has 1 aromatic carbocycles. The van der Waals surface area contributed by atoms with Crippen LogP contribution in [-0.4, -0.2) is 37.5 Å². The molecule has 16 heavy (non-hydrogen) atoms. The number of nitrogens with one attached hydrogen (secondary N) is 1. The van der Waals surface area contributed by atoms with Gasteiger partial charge in [-0.15, -0.1) is 12.6 Å². The Morgan fingerprint density at radius 2 is 2.19 bits per heavy atom. The van der Waals surface area contributed by atoms with Crippen molar-refractivity contribution in [2.75, 3.05) is 20.6 Å². The van der Waals surface area contributed by atoms with Crippen molar-refractivity contribution in [2.45, 2.75) is 17.9 Å². The Morgan fingerprint density at radius 1 is 1.50 bits per heavy atom. The first-order valence-corrected chi connectivity index (χ1v) is 5.69. The molecule has 3 nitrogen and oxygen atoms in total. The molecule has 0 spiro atoms. The number of carbonyl (C=O) groups is 1. The molecule has 0 radical (unpaired) electrons. The van der Waals surface area contributed by atoms with E-state index in [0.717, 1.165) is 4.90 Å². The first-order valence-electron chi connectivity index (χ1n) is 5.24. The molecule has 0 fully saturated rings. The monoisotopic (exact) mass is 238 g/mol. The van der Waals surface area contributed by atoms with E-state index in [2.05, 4.69) is 29.8 Å². The average Bonchev–Trinajstić information content (AvgIpc) is 2.25. The van der Waals surface area contributed by atoms with Gasteiger partial charge in [0, 0.05) is 23.0 Å². The number of likely N-dealkylation sites (N-methyl/N-ethyl adjacent to an activating group) is 1. The van der Waals surface area contributed by atoms with Gasteiger partial charge in [0.2, 0.25) is 0 Å². The molecule has 1 unspecified atom stereocenters. The lowest BCUT2D eigenvalue weighted by atomic mass is 10.2. The minimum absolute atomic E-state index is 0.0513. The zero-order valence-corrected chi connectivity index (χ0v) is 10.8. The fourth-order valence-corrected chi connectivity index (χ4v) is 1.40. The average molecular weight is 238 g/mol. The summed E-state index contributed by atoms with van der Waals surface area (Å²) in [6, 6.07) is 7.55. The first-order chi connectivity index (χ1) is 7.50. The van der Waals surface area contributed by atoms with Gasteiger partial charge in [-0.05, 0) is 39.2 Å². The van der Waals surface area contributed by atoms with Crippen molar-refractivity contribution >= 4 is 18.5 Å². The molecule has 4 heteroatoms. The fourth-order valence-electron chi connectivity index (χ4n) is 1.17. The van der Waals surface area contributed by atoms with Crippen LogP contribution in [0.15, 0.2) is 29.2 Å². The van der Waals surface area contributed by atoms with E-state index in [1.165, 1.54) is 0 Å². The van der Waals surface area contributed by atoms with Crippen LogP contribution in [0.5, 0.6) is 0 Å². The third-order valence-corrected chi connectivity index (χ3v) is 2.83. The second-order valence-electron chi connectivity index (χ2n) is 4.07. The van der Waals surface area contributed by atoms with Gasteiger partial charge in [-0.3, -0.25) is 4.79 Å². The van der Waals surface area contributed by atoms with E-state index in [9.17, 15) is 4.79 Å². The van der Waals surface area contributed by atoms with E-state index < -0.39 is 0 Å². The molecular formula is C12H18N2OS. The van der Waals surface area contributed by atoms with Crippen molar-refractivity contribution in [3.63, 3.8) is 0 Å². The van der Waals surface area contributed by atoms with Gasteiger partial charge in [-0.2, -0.15) is 0 Å². The summed E-state index contributed by atoms with van der Waals surface area (Å²) in [6.45, 7) is 2.71. The predicted molar refractivity (Wildman–Crippen MR) is 69.2 cm³/mol. The highest BCUT2D eigenvalue weighted by Gasteiger charge is 2.08. The number of nitrogens with zero attached hydrogens (tertiary/aromatic N) is 1. The summed E-state index contributed by atoms with van der Waals surface area (Å²) < 4.78 is 0. The molecule has 0 bridgehead atoms. The summed E-state index contributed by atoms with van der Waals surface area (Å²) >= 11 is 4.20. The van der Waals surface area contributed by atoms with Gasteiger partial charge in [0.05, 0.1) is 0 Å². The van der Waals surface area contributed by atoms with E-state index in [1.54, 1.807) is 12.1 Å². The number of hydrogen-bond donors (Lipinski definition) is 2. The van der Waals surface area contributed by atoms with E-state index >= 15 is 0 Å². The van der Waals surface area contributed by atoms with Gasteiger partial charge in [0.25, 0.3) is 5.91 Å². The van der Waals surface area contributed by atoms with Gasteiger partial charge < -0.3 is 10.2 Å². The zero-order chi connectivity index (χ0) is 12.1. The van der Waals surface area contributed by atoms with Gasteiger partial charge in [-0.25, -0.2) is 0 Å². The lowest BCUT2D eigenvalue weighted by Crippen LogP contribution is -2.38. The van der Waals surface area contributed by atoms with Crippen LogP contribution in [0.2, 0.25) is 0 Å². The van der Waals surface area contributed by atoms with Crippen LogP contribution in [0.1, 0.15) is 17.3 Å². The highest BCUT2D eigenvalue weighted by atomic mass is 32.1. The van der Waals surface area contributed by atoms with Crippen LogP contribution >= 0.6 is 12.6 Å². The molecule has 0 aliphatic rings. The molecule has 0 heterocycles. The predicted octanol–water partition coefficient (Wildman–Crippen LogP) is 1.66. The molecular weight excluding hydrogens is 220 g/mol. The fraction of sp³-hybridized carbons (Fsp3) is 0.417. The highest BCUT2D eigenvalue weighted by molar-refractivity contribution is 7.80. The molecule has 0 aliphatic carbocycles. The Balaban J connectivity index is 2.53. The Morgan fingerprint density at radius 3 is 2.75 bits per heavy atom. The summed E-state index contributed by atoms with van der Waals surface area (Å²) in [4.78, 5) is 14.6. The Hall–Kier alpha value is -1.00. The lowest BCUT2D eigenvalue weighted by molar-refractivity contribution is 0.0943. The molecule has 0 aliphatic heterocycles. The summed E-state index contributed by atoms with van der Waals surface area (Å²) in [5, 5.41) is 2.89. The van der Waals surface area contributed by atoms with E-state index in [-0.39, 0.29) is 5.91 Å². The van der Waals surface area contributed by atoms with Crippen molar-refractivity contribution in [1.29, 1.82) is 0 Å². The number of benzene rings is 1. The second-order valence-corrected chi connectivity index (χ2v) is 4.59. The van der Waals surface area contributed by atoms with Crippen molar-refractivity contribution in [2.24, 2.45) is 0 Å². The Labute approximate surface area is 102 Å². The van der Waals surface area contributed by atoms with Gasteiger partial charge >= 0.3 is 0 Å². The molecule has 1 N–H and O–H groups in total. The SMILES string of the molecule is CC(CNC(=O)c1cccc(S)c1)N(C)C. The number of thiol groups is 1. The van der Waals surface area contributed by atoms with Crippen molar-refractivity contribution in [1.82, 2.24) is 10.2 Å². The number of rotatable bonds is 4. The standard InChI is InChI=1S/C12H18N2OS/c1-9(14(2)3)8-13-12(15)10-5-4-6-11(16)7-10/h4-7,9,16H,8H2,1-3H3,(H,13,15). The third kappa shape index (κ3) is 3.87. The van der Waals surface area contributed by atoms with Crippen LogP contribution in [0.4, 0.5) is 0 Å². The molecule has 1 amide bonds. The molecule has 1 aromatic rings. The van der Waals surface area contributed by atoms with Crippen molar-refractivity contribution < 1.29 is 4.79 Å². The minimum Gasteiger partial charge on any atom is -0.350 e. The van der Waals surface area contributed by atoms with Crippen molar-refractivity contribution in [3.8, 4) is 0 Å². The third-order valence-electron chi connectivity index (χ3n) is 2.55. The van der Waals surface area contributed by atoms with Crippen LogP contribution in [0, 0.1) is 0 Å². The van der Waals surface area contributed by atoms with E-state index in [4.69, 9.17) is 0 Å². The number of hydrogen-bond acceptors (Lipinski definition) is 3. The molecule has 88 valence electrons. The second kappa shape index (κ2) is 5.92. The zero-order valence-electron chi connectivity index (χ0n) is 9.90. The molecule has 1 rings (SSSR count). The number of carbonyl (C=O) groups excluding carboxylic acids is 1. The number of amides is 1.